The Morgan fingerprint density at radius 2 is 1.72 bits per heavy atom. The molecular formula is C13H16BrF2NO. The van der Waals surface area contributed by atoms with Crippen molar-refractivity contribution in [3.05, 3.63) is 33.8 Å². The van der Waals surface area contributed by atoms with Crippen LogP contribution in [0.25, 0.3) is 0 Å². The van der Waals surface area contributed by atoms with Gasteiger partial charge in [-0.2, -0.15) is 0 Å². The fourth-order valence-electron chi connectivity index (χ4n) is 1.93. The van der Waals surface area contributed by atoms with Gasteiger partial charge in [-0.3, -0.25) is 4.79 Å². The molecule has 0 saturated carbocycles. The zero-order valence-electron chi connectivity index (χ0n) is 10.6. The number of rotatable bonds is 4. The van der Waals surface area contributed by atoms with Gasteiger partial charge in [-0.25, -0.2) is 8.78 Å². The molecule has 1 aromatic carbocycles. The van der Waals surface area contributed by atoms with Crippen LogP contribution >= 0.6 is 15.9 Å². The van der Waals surface area contributed by atoms with Crippen LogP contribution in [0.4, 0.5) is 8.78 Å². The number of benzene rings is 1. The Balaban J connectivity index is 3.11. The van der Waals surface area contributed by atoms with Gasteiger partial charge in [-0.1, -0.05) is 29.8 Å². The first kappa shape index (κ1) is 15.1. The van der Waals surface area contributed by atoms with E-state index >= 15 is 0 Å². The lowest BCUT2D eigenvalue weighted by Gasteiger charge is -2.26. The van der Waals surface area contributed by atoms with Crippen LogP contribution in [0.5, 0.6) is 0 Å². The van der Waals surface area contributed by atoms with Crippen LogP contribution in [0.2, 0.25) is 0 Å². The van der Waals surface area contributed by atoms with E-state index in [1.165, 1.54) is 4.90 Å². The highest BCUT2D eigenvalue weighted by Gasteiger charge is 2.24. The van der Waals surface area contributed by atoms with Crippen molar-refractivity contribution in [1.29, 1.82) is 0 Å². The monoisotopic (exact) mass is 319 g/mol. The van der Waals surface area contributed by atoms with Crippen LogP contribution in [0, 0.1) is 11.6 Å². The Bertz CT molecular complexity index is 424. The second-order valence-corrected chi connectivity index (χ2v) is 5.05. The first-order valence-electron chi connectivity index (χ1n) is 5.84. The predicted octanol–water partition coefficient (Wildman–Crippen LogP) is 3.99. The molecule has 0 aliphatic rings. The molecule has 0 aromatic heterocycles. The summed E-state index contributed by atoms with van der Waals surface area (Å²) in [6.07, 6.45) is 1.50. The average molecular weight is 320 g/mol. The van der Waals surface area contributed by atoms with Gasteiger partial charge in [-0.05, 0) is 25.0 Å². The summed E-state index contributed by atoms with van der Waals surface area (Å²) < 4.78 is 27.6. The topological polar surface area (TPSA) is 20.3 Å². The van der Waals surface area contributed by atoms with Gasteiger partial charge >= 0.3 is 0 Å². The van der Waals surface area contributed by atoms with Crippen molar-refractivity contribution in [2.75, 3.05) is 7.05 Å². The minimum atomic E-state index is -0.843. The Kier molecular flexibility index (Phi) is 5.26. The third-order valence-electron chi connectivity index (χ3n) is 3.03. The third-order valence-corrected chi connectivity index (χ3v) is 3.49. The molecule has 0 saturated heterocycles. The molecule has 0 heterocycles. The Labute approximate surface area is 114 Å². The van der Waals surface area contributed by atoms with E-state index in [4.69, 9.17) is 0 Å². The minimum Gasteiger partial charge on any atom is -0.339 e. The Morgan fingerprint density at radius 1 is 1.28 bits per heavy atom. The SMILES string of the molecule is CCC(CC)N(C)C(=O)c1c(F)cc(Br)cc1F. The normalized spacial score (nSPS) is 10.8. The summed E-state index contributed by atoms with van der Waals surface area (Å²) in [4.78, 5) is 13.5. The maximum absolute atomic E-state index is 13.7. The summed E-state index contributed by atoms with van der Waals surface area (Å²) in [5.41, 5.74) is -0.493. The summed E-state index contributed by atoms with van der Waals surface area (Å²) in [7, 11) is 1.57. The molecule has 0 fully saturated rings. The molecule has 1 rings (SSSR count). The van der Waals surface area contributed by atoms with E-state index in [0.717, 1.165) is 25.0 Å². The summed E-state index contributed by atoms with van der Waals surface area (Å²) in [6, 6.07) is 2.17. The van der Waals surface area contributed by atoms with Gasteiger partial charge in [0, 0.05) is 17.6 Å². The van der Waals surface area contributed by atoms with E-state index in [9.17, 15) is 13.6 Å². The van der Waals surface area contributed by atoms with Gasteiger partial charge < -0.3 is 4.90 Å². The van der Waals surface area contributed by atoms with Crippen molar-refractivity contribution in [2.45, 2.75) is 32.7 Å². The Hall–Kier alpha value is -0.970. The number of amides is 1. The predicted molar refractivity (Wildman–Crippen MR) is 70.5 cm³/mol. The number of halogens is 3. The number of nitrogens with zero attached hydrogens (tertiary/aromatic N) is 1. The zero-order valence-corrected chi connectivity index (χ0v) is 12.2. The van der Waals surface area contributed by atoms with Crippen molar-refractivity contribution < 1.29 is 13.6 Å². The van der Waals surface area contributed by atoms with Gasteiger partial charge in [0.25, 0.3) is 5.91 Å². The van der Waals surface area contributed by atoms with Gasteiger partial charge in [-0.15, -0.1) is 0 Å². The first-order valence-corrected chi connectivity index (χ1v) is 6.63. The number of hydrogen-bond acceptors (Lipinski definition) is 1. The second kappa shape index (κ2) is 6.27. The van der Waals surface area contributed by atoms with E-state index in [1.54, 1.807) is 7.05 Å². The minimum absolute atomic E-state index is 0.0139. The van der Waals surface area contributed by atoms with Crippen LogP contribution in [0.1, 0.15) is 37.0 Å². The Morgan fingerprint density at radius 3 is 2.11 bits per heavy atom. The standard InChI is InChI=1S/C13H16BrF2NO/c1-4-9(5-2)17(3)13(18)12-10(15)6-8(14)7-11(12)16/h6-7,9H,4-5H2,1-3H3. The fourth-order valence-corrected chi connectivity index (χ4v) is 2.33. The molecular weight excluding hydrogens is 304 g/mol. The summed E-state index contributed by atoms with van der Waals surface area (Å²) in [6.45, 7) is 3.87. The molecule has 0 unspecified atom stereocenters. The molecule has 2 nitrogen and oxygen atoms in total. The molecule has 1 aromatic rings. The average Bonchev–Trinajstić information content (AvgIpc) is 2.28. The second-order valence-electron chi connectivity index (χ2n) is 4.13. The van der Waals surface area contributed by atoms with E-state index in [1.807, 2.05) is 13.8 Å². The van der Waals surface area contributed by atoms with Gasteiger partial charge in [0.15, 0.2) is 0 Å². The van der Waals surface area contributed by atoms with E-state index < -0.39 is 23.1 Å². The molecule has 0 aliphatic heterocycles. The first-order chi connectivity index (χ1) is 8.42. The molecule has 0 N–H and O–H groups in total. The molecule has 0 bridgehead atoms. The molecule has 0 atom stereocenters. The van der Waals surface area contributed by atoms with Crippen LogP contribution < -0.4 is 0 Å². The fraction of sp³-hybridized carbons (Fsp3) is 0.462. The largest absolute Gasteiger partial charge is 0.339 e. The summed E-state index contributed by atoms with van der Waals surface area (Å²) in [5, 5.41) is 0. The van der Waals surface area contributed by atoms with Gasteiger partial charge in [0.2, 0.25) is 0 Å². The lowest BCUT2D eigenvalue weighted by Crippen LogP contribution is -2.37. The van der Waals surface area contributed by atoms with Crippen LogP contribution in [0.15, 0.2) is 16.6 Å². The smallest absolute Gasteiger partial charge is 0.259 e. The third kappa shape index (κ3) is 3.07. The molecule has 1 amide bonds. The van der Waals surface area contributed by atoms with Crippen molar-refractivity contribution in [3.8, 4) is 0 Å². The van der Waals surface area contributed by atoms with E-state index in [2.05, 4.69) is 15.9 Å². The van der Waals surface area contributed by atoms with E-state index in [-0.39, 0.29) is 10.5 Å². The van der Waals surface area contributed by atoms with Crippen LogP contribution in [0.3, 0.4) is 0 Å². The van der Waals surface area contributed by atoms with Gasteiger partial charge in [0.05, 0.1) is 0 Å². The quantitative estimate of drug-likeness (QED) is 0.821. The highest BCUT2D eigenvalue weighted by Crippen LogP contribution is 2.22. The van der Waals surface area contributed by atoms with Crippen LogP contribution in [-0.2, 0) is 0 Å². The van der Waals surface area contributed by atoms with E-state index in [0.29, 0.717) is 0 Å². The molecule has 0 spiro atoms. The molecule has 0 radical (unpaired) electrons. The zero-order chi connectivity index (χ0) is 13.9. The molecule has 5 heteroatoms. The lowest BCUT2D eigenvalue weighted by atomic mass is 10.1. The molecule has 100 valence electrons. The highest BCUT2D eigenvalue weighted by molar-refractivity contribution is 9.10. The lowest BCUT2D eigenvalue weighted by molar-refractivity contribution is 0.0713. The summed E-state index contributed by atoms with van der Waals surface area (Å²) >= 11 is 2.98. The number of carbonyl (C=O) groups excluding carboxylic acids is 1. The summed E-state index contributed by atoms with van der Waals surface area (Å²) in [5.74, 6) is -2.31. The molecule has 0 aliphatic carbocycles. The number of carbonyl (C=O) groups is 1. The highest BCUT2D eigenvalue weighted by atomic mass is 79.9. The van der Waals surface area contributed by atoms with Crippen molar-refractivity contribution in [3.63, 3.8) is 0 Å². The maximum atomic E-state index is 13.7. The van der Waals surface area contributed by atoms with Crippen molar-refractivity contribution in [2.24, 2.45) is 0 Å². The molecule has 18 heavy (non-hydrogen) atoms. The van der Waals surface area contributed by atoms with Gasteiger partial charge in [0.1, 0.15) is 17.2 Å². The van der Waals surface area contributed by atoms with Crippen molar-refractivity contribution in [1.82, 2.24) is 4.90 Å². The van der Waals surface area contributed by atoms with Crippen molar-refractivity contribution >= 4 is 21.8 Å². The van der Waals surface area contributed by atoms with Crippen LogP contribution in [-0.4, -0.2) is 23.9 Å². The maximum Gasteiger partial charge on any atom is 0.259 e. The number of hydrogen-bond donors (Lipinski definition) is 0.